The summed E-state index contributed by atoms with van der Waals surface area (Å²) in [5.41, 5.74) is 2.50. The summed E-state index contributed by atoms with van der Waals surface area (Å²) in [5.74, 6) is -0.387. The summed E-state index contributed by atoms with van der Waals surface area (Å²) in [7, 11) is -3.66. The Morgan fingerprint density at radius 1 is 1.07 bits per heavy atom. The summed E-state index contributed by atoms with van der Waals surface area (Å²) in [6, 6.07) is 14.7. The van der Waals surface area contributed by atoms with E-state index in [1.807, 2.05) is 12.1 Å². The van der Waals surface area contributed by atoms with Crippen molar-refractivity contribution in [3.05, 3.63) is 64.7 Å². The van der Waals surface area contributed by atoms with Gasteiger partial charge in [-0.05, 0) is 49.2 Å². The molecule has 0 aliphatic carbocycles. The number of anilines is 1. The number of benzene rings is 2. The Bertz CT molecular complexity index is 975. The summed E-state index contributed by atoms with van der Waals surface area (Å²) in [4.78, 5) is 14.9. The molecule has 0 bridgehead atoms. The van der Waals surface area contributed by atoms with Crippen molar-refractivity contribution in [2.24, 2.45) is 0 Å². The van der Waals surface area contributed by atoms with Crippen molar-refractivity contribution >= 4 is 33.2 Å². The smallest absolute Gasteiger partial charge is 0.241 e. The van der Waals surface area contributed by atoms with E-state index in [9.17, 15) is 13.2 Å². The number of rotatable bonds is 8. The van der Waals surface area contributed by atoms with Crippen LogP contribution in [-0.2, 0) is 27.9 Å². The molecule has 0 aromatic heterocycles. The third kappa shape index (κ3) is 6.45. The highest BCUT2D eigenvalue weighted by molar-refractivity contribution is 7.92. The Balaban J connectivity index is 1.60. The summed E-state index contributed by atoms with van der Waals surface area (Å²) < 4.78 is 25.4. The number of halogens is 1. The van der Waals surface area contributed by atoms with E-state index in [4.69, 9.17) is 11.6 Å². The highest BCUT2D eigenvalue weighted by Crippen LogP contribution is 2.26. The van der Waals surface area contributed by atoms with Crippen LogP contribution in [0.15, 0.2) is 48.5 Å². The van der Waals surface area contributed by atoms with Crippen LogP contribution >= 0.6 is 11.6 Å². The molecule has 0 atom stereocenters. The number of sulfonamides is 1. The van der Waals surface area contributed by atoms with Crippen molar-refractivity contribution in [1.82, 2.24) is 10.2 Å². The fourth-order valence-electron chi connectivity index (χ4n) is 3.64. The number of hydrogen-bond acceptors (Lipinski definition) is 4. The van der Waals surface area contributed by atoms with Gasteiger partial charge in [0, 0.05) is 13.1 Å². The van der Waals surface area contributed by atoms with Crippen LogP contribution in [0, 0.1) is 0 Å². The van der Waals surface area contributed by atoms with E-state index in [1.165, 1.54) is 24.8 Å². The molecule has 1 aliphatic heterocycles. The van der Waals surface area contributed by atoms with Gasteiger partial charge in [0.15, 0.2) is 0 Å². The first-order valence-electron chi connectivity index (χ1n) is 10.1. The quantitative estimate of drug-likeness (QED) is 0.670. The second-order valence-electron chi connectivity index (χ2n) is 7.65. The van der Waals surface area contributed by atoms with E-state index in [2.05, 4.69) is 22.3 Å². The van der Waals surface area contributed by atoms with Gasteiger partial charge in [0.1, 0.15) is 6.54 Å². The first-order chi connectivity index (χ1) is 14.3. The van der Waals surface area contributed by atoms with Crippen molar-refractivity contribution in [2.75, 3.05) is 30.2 Å². The van der Waals surface area contributed by atoms with Crippen LogP contribution < -0.4 is 9.62 Å². The minimum atomic E-state index is -3.66. The van der Waals surface area contributed by atoms with Crippen LogP contribution in [0.4, 0.5) is 5.69 Å². The molecule has 3 rings (SSSR count). The third-order valence-corrected chi connectivity index (χ3v) is 6.59. The van der Waals surface area contributed by atoms with Gasteiger partial charge in [0.05, 0.1) is 17.0 Å². The van der Waals surface area contributed by atoms with Crippen molar-refractivity contribution in [1.29, 1.82) is 0 Å². The molecule has 0 saturated carbocycles. The lowest BCUT2D eigenvalue weighted by molar-refractivity contribution is -0.119. The molecule has 0 spiro atoms. The first kappa shape index (κ1) is 22.6. The summed E-state index contributed by atoms with van der Waals surface area (Å²) in [5, 5.41) is 3.10. The maximum absolute atomic E-state index is 12.5. The number of nitrogens with one attached hydrogen (secondary N) is 1. The maximum Gasteiger partial charge on any atom is 0.241 e. The Kier molecular flexibility index (Phi) is 7.75. The molecule has 1 fully saturated rings. The molecule has 1 saturated heterocycles. The molecule has 6 nitrogen and oxygen atoms in total. The summed E-state index contributed by atoms with van der Waals surface area (Å²) >= 11 is 6.14. The minimum Gasteiger partial charge on any atom is -0.350 e. The molecular formula is C22H28ClN3O3S. The molecule has 1 N–H and O–H groups in total. The first-order valence-corrected chi connectivity index (χ1v) is 12.3. The zero-order valence-corrected chi connectivity index (χ0v) is 18.8. The minimum absolute atomic E-state index is 0.279. The second kappa shape index (κ2) is 10.3. The Morgan fingerprint density at radius 2 is 1.77 bits per heavy atom. The fourth-order valence-corrected chi connectivity index (χ4v) is 4.79. The predicted octanol–water partition coefficient (Wildman–Crippen LogP) is 3.41. The SMILES string of the molecule is CS(=O)(=O)N(CC(=O)NCc1cccc(CN2CCCCC2)c1)c1ccccc1Cl. The molecule has 2 aromatic carbocycles. The zero-order chi connectivity index (χ0) is 21.6. The summed E-state index contributed by atoms with van der Waals surface area (Å²) in [6.45, 7) is 3.19. The van der Waals surface area contributed by atoms with Crippen LogP contribution in [0.25, 0.3) is 0 Å². The normalized spacial score (nSPS) is 15.0. The highest BCUT2D eigenvalue weighted by Gasteiger charge is 2.22. The van der Waals surface area contributed by atoms with Crippen molar-refractivity contribution in [3.63, 3.8) is 0 Å². The lowest BCUT2D eigenvalue weighted by Crippen LogP contribution is -2.40. The standard InChI is InChI=1S/C22H28ClN3O3S/c1-30(28,29)26(21-11-4-3-10-20(21)23)17-22(27)24-15-18-8-7-9-19(14-18)16-25-12-5-2-6-13-25/h3-4,7-11,14H,2,5-6,12-13,15-17H2,1H3,(H,24,27). The molecule has 8 heteroatoms. The second-order valence-corrected chi connectivity index (χ2v) is 9.97. The van der Waals surface area contributed by atoms with Gasteiger partial charge < -0.3 is 5.32 Å². The van der Waals surface area contributed by atoms with Gasteiger partial charge in [-0.3, -0.25) is 14.0 Å². The van der Waals surface area contributed by atoms with E-state index < -0.39 is 10.0 Å². The highest BCUT2D eigenvalue weighted by atomic mass is 35.5. The number of likely N-dealkylation sites (tertiary alicyclic amines) is 1. The van der Waals surface area contributed by atoms with Gasteiger partial charge in [-0.1, -0.05) is 54.4 Å². The third-order valence-electron chi connectivity index (χ3n) is 5.14. The van der Waals surface area contributed by atoms with Crippen LogP contribution in [0.1, 0.15) is 30.4 Å². The van der Waals surface area contributed by atoms with Crippen LogP contribution in [0.3, 0.4) is 0 Å². The van der Waals surface area contributed by atoms with Gasteiger partial charge in [-0.2, -0.15) is 0 Å². The number of carbonyl (C=O) groups excluding carboxylic acids is 1. The van der Waals surface area contributed by atoms with Crippen molar-refractivity contribution < 1.29 is 13.2 Å². The predicted molar refractivity (Wildman–Crippen MR) is 121 cm³/mol. The molecule has 2 aromatic rings. The number of piperidine rings is 1. The van der Waals surface area contributed by atoms with Gasteiger partial charge in [-0.25, -0.2) is 8.42 Å². The number of carbonyl (C=O) groups is 1. The largest absolute Gasteiger partial charge is 0.350 e. The molecule has 1 amide bonds. The Hall–Kier alpha value is -2.09. The number of hydrogen-bond donors (Lipinski definition) is 1. The van der Waals surface area contributed by atoms with Gasteiger partial charge >= 0.3 is 0 Å². The van der Waals surface area contributed by atoms with Crippen LogP contribution in [-0.4, -0.2) is 45.1 Å². The maximum atomic E-state index is 12.5. The van der Waals surface area contributed by atoms with E-state index >= 15 is 0 Å². The zero-order valence-electron chi connectivity index (χ0n) is 17.2. The van der Waals surface area contributed by atoms with Crippen LogP contribution in [0.2, 0.25) is 5.02 Å². The molecular weight excluding hydrogens is 422 g/mol. The average molecular weight is 450 g/mol. The van der Waals surface area contributed by atoms with Crippen LogP contribution in [0.5, 0.6) is 0 Å². The number of nitrogens with zero attached hydrogens (tertiary/aromatic N) is 2. The number of para-hydroxylation sites is 1. The molecule has 30 heavy (non-hydrogen) atoms. The molecule has 0 unspecified atom stereocenters. The van der Waals surface area contributed by atoms with E-state index in [-0.39, 0.29) is 17.5 Å². The Morgan fingerprint density at radius 3 is 2.47 bits per heavy atom. The lowest BCUT2D eigenvalue weighted by atomic mass is 10.1. The molecule has 0 radical (unpaired) electrons. The molecule has 1 aliphatic rings. The number of amides is 1. The van der Waals surface area contributed by atoms with Gasteiger partial charge in [-0.15, -0.1) is 0 Å². The Labute approximate surface area is 183 Å². The van der Waals surface area contributed by atoms with Gasteiger partial charge in [0.2, 0.25) is 15.9 Å². The van der Waals surface area contributed by atoms with Gasteiger partial charge in [0.25, 0.3) is 0 Å². The fraction of sp³-hybridized carbons (Fsp3) is 0.409. The summed E-state index contributed by atoms with van der Waals surface area (Å²) in [6.07, 6.45) is 4.87. The van der Waals surface area contributed by atoms with E-state index in [1.54, 1.807) is 24.3 Å². The molecule has 1 heterocycles. The lowest BCUT2D eigenvalue weighted by Gasteiger charge is -2.26. The van der Waals surface area contributed by atoms with Crippen molar-refractivity contribution in [3.8, 4) is 0 Å². The van der Waals surface area contributed by atoms with E-state index in [0.717, 1.165) is 35.8 Å². The average Bonchev–Trinajstić information content (AvgIpc) is 2.71. The monoisotopic (exact) mass is 449 g/mol. The van der Waals surface area contributed by atoms with E-state index in [0.29, 0.717) is 12.2 Å². The van der Waals surface area contributed by atoms with Crippen molar-refractivity contribution in [2.45, 2.75) is 32.4 Å². The molecule has 162 valence electrons. The topological polar surface area (TPSA) is 69.7 Å².